The van der Waals surface area contributed by atoms with Crippen LogP contribution in [-0.2, 0) is 0 Å². The molecule has 0 aliphatic rings. The van der Waals surface area contributed by atoms with Crippen molar-refractivity contribution in [2.24, 2.45) is 5.92 Å². The van der Waals surface area contributed by atoms with Gasteiger partial charge in [0.25, 0.3) is 0 Å². The molecule has 0 aromatic rings. The van der Waals surface area contributed by atoms with Gasteiger partial charge in [-0.3, -0.25) is 4.39 Å². The lowest BCUT2D eigenvalue weighted by molar-refractivity contribution is 0.421. The molecule has 11 heavy (non-hydrogen) atoms. The molecule has 0 aliphatic carbocycles. The molecule has 0 aromatic carbocycles. The normalized spacial score (nSPS) is 13.4. The third-order valence-corrected chi connectivity index (χ3v) is 2.11. The minimum absolute atomic E-state index is 0.137. The van der Waals surface area contributed by atoms with E-state index >= 15 is 0 Å². The molecule has 0 amide bonds. The van der Waals surface area contributed by atoms with Crippen LogP contribution < -0.4 is 0 Å². The van der Waals surface area contributed by atoms with Gasteiger partial charge >= 0.3 is 0 Å². The first-order valence-corrected chi connectivity index (χ1v) is 4.87. The first kappa shape index (κ1) is 10.9. The Morgan fingerprint density at radius 3 is 2.36 bits per heavy atom. The summed E-state index contributed by atoms with van der Waals surface area (Å²) in [7, 11) is 0. The molecule has 0 radical (unpaired) electrons. The predicted octanol–water partition coefficient (Wildman–Crippen LogP) is 3.95. The summed E-state index contributed by atoms with van der Waals surface area (Å²) in [4.78, 5) is 0. The standard InChI is InChI=1S/C10H21F/c1-3-7-10(2)8-5-4-6-9-11/h10H,3-9H2,1-2H3. The fraction of sp³-hybridized carbons (Fsp3) is 1.00. The van der Waals surface area contributed by atoms with Gasteiger partial charge in [-0.05, 0) is 12.3 Å². The van der Waals surface area contributed by atoms with Gasteiger partial charge in [0, 0.05) is 0 Å². The Morgan fingerprint density at radius 2 is 1.82 bits per heavy atom. The molecule has 0 saturated heterocycles. The molecule has 0 aliphatic heterocycles. The van der Waals surface area contributed by atoms with E-state index < -0.39 is 0 Å². The first-order chi connectivity index (χ1) is 5.31. The Hall–Kier alpha value is -0.0700. The molecule has 1 atom stereocenters. The van der Waals surface area contributed by atoms with Gasteiger partial charge in [0.15, 0.2) is 0 Å². The summed E-state index contributed by atoms with van der Waals surface area (Å²) >= 11 is 0. The van der Waals surface area contributed by atoms with E-state index in [-0.39, 0.29) is 6.67 Å². The van der Waals surface area contributed by atoms with E-state index in [1.54, 1.807) is 0 Å². The number of hydrogen-bond donors (Lipinski definition) is 0. The summed E-state index contributed by atoms with van der Waals surface area (Å²) < 4.78 is 11.7. The molecular weight excluding hydrogens is 139 g/mol. The van der Waals surface area contributed by atoms with Crippen LogP contribution in [0.2, 0.25) is 0 Å². The van der Waals surface area contributed by atoms with Crippen LogP contribution in [0.3, 0.4) is 0 Å². The summed E-state index contributed by atoms with van der Waals surface area (Å²) in [5.41, 5.74) is 0. The zero-order valence-electron chi connectivity index (χ0n) is 7.91. The Bertz CT molecular complexity index is 71.3. The Balaban J connectivity index is 2.97. The Labute approximate surface area is 70.2 Å². The summed E-state index contributed by atoms with van der Waals surface area (Å²) in [6.45, 7) is 4.37. The van der Waals surface area contributed by atoms with E-state index in [1.165, 1.54) is 25.7 Å². The summed E-state index contributed by atoms with van der Waals surface area (Å²) in [6, 6.07) is 0. The third kappa shape index (κ3) is 7.83. The van der Waals surface area contributed by atoms with Crippen LogP contribution in [0.4, 0.5) is 4.39 Å². The number of hydrogen-bond acceptors (Lipinski definition) is 0. The molecule has 0 N–H and O–H groups in total. The van der Waals surface area contributed by atoms with Crippen LogP contribution in [-0.4, -0.2) is 6.67 Å². The maximum absolute atomic E-state index is 11.7. The molecular formula is C10H21F. The summed E-state index contributed by atoms with van der Waals surface area (Å²) in [5.74, 6) is 0.847. The number of alkyl halides is 1. The zero-order valence-corrected chi connectivity index (χ0v) is 7.91. The highest BCUT2D eigenvalue weighted by molar-refractivity contribution is 4.52. The van der Waals surface area contributed by atoms with Gasteiger partial charge in [0.05, 0.1) is 6.67 Å². The molecule has 0 saturated carbocycles. The van der Waals surface area contributed by atoms with E-state index in [4.69, 9.17) is 0 Å². The highest BCUT2D eigenvalue weighted by Crippen LogP contribution is 2.14. The van der Waals surface area contributed by atoms with Crippen LogP contribution in [0.5, 0.6) is 0 Å². The molecule has 0 spiro atoms. The van der Waals surface area contributed by atoms with Gasteiger partial charge < -0.3 is 0 Å². The van der Waals surface area contributed by atoms with Crippen molar-refractivity contribution in [3.05, 3.63) is 0 Å². The molecule has 0 rings (SSSR count). The maximum atomic E-state index is 11.7. The molecule has 1 unspecified atom stereocenters. The lowest BCUT2D eigenvalue weighted by Crippen LogP contribution is -1.93. The molecule has 0 heterocycles. The van der Waals surface area contributed by atoms with Crippen molar-refractivity contribution >= 4 is 0 Å². The summed E-state index contributed by atoms with van der Waals surface area (Å²) in [5, 5.41) is 0. The maximum Gasteiger partial charge on any atom is 0.0894 e. The molecule has 0 aromatic heterocycles. The van der Waals surface area contributed by atoms with Crippen molar-refractivity contribution in [1.29, 1.82) is 0 Å². The van der Waals surface area contributed by atoms with Crippen molar-refractivity contribution in [2.45, 2.75) is 52.4 Å². The van der Waals surface area contributed by atoms with Gasteiger partial charge in [0.2, 0.25) is 0 Å². The van der Waals surface area contributed by atoms with Crippen LogP contribution in [0.1, 0.15) is 52.4 Å². The van der Waals surface area contributed by atoms with E-state index in [9.17, 15) is 4.39 Å². The van der Waals surface area contributed by atoms with Crippen molar-refractivity contribution in [2.75, 3.05) is 6.67 Å². The smallest absolute Gasteiger partial charge is 0.0894 e. The third-order valence-electron chi connectivity index (χ3n) is 2.11. The topological polar surface area (TPSA) is 0 Å². The van der Waals surface area contributed by atoms with Crippen LogP contribution in [0, 0.1) is 5.92 Å². The van der Waals surface area contributed by atoms with Crippen molar-refractivity contribution in [1.82, 2.24) is 0 Å². The Morgan fingerprint density at radius 1 is 1.09 bits per heavy atom. The van der Waals surface area contributed by atoms with E-state index in [0.29, 0.717) is 0 Å². The average molecular weight is 160 g/mol. The fourth-order valence-electron chi connectivity index (χ4n) is 1.40. The van der Waals surface area contributed by atoms with Crippen molar-refractivity contribution < 1.29 is 4.39 Å². The van der Waals surface area contributed by atoms with E-state index in [1.807, 2.05) is 0 Å². The highest BCUT2D eigenvalue weighted by atomic mass is 19.1. The van der Waals surface area contributed by atoms with Gasteiger partial charge in [-0.15, -0.1) is 0 Å². The predicted molar refractivity (Wildman–Crippen MR) is 48.5 cm³/mol. The van der Waals surface area contributed by atoms with Gasteiger partial charge in [-0.1, -0.05) is 46.0 Å². The molecule has 0 bridgehead atoms. The van der Waals surface area contributed by atoms with Crippen LogP contribution in [0.15, 0.2) is 0 Å². The first-order valence-electron chi connectivity index (χ1n) is 4.87. The van der Waals surface area contributed by atoms with Crippen LogP contribution >= 0.6 is 0 Å². The molecule has 68 valence electrons. The van der Waals surface area contributed by atoms with Crippen molar-refractivity contribution in [3.8, 4) is 0 Å². The number of rotatable bonds is 7. The SMILES string of the molecule is CCCC(C)CCCCCF. The van der Waals surface area contributed by atoms with Crippen LogP contribution in [0.25, 0.3) is 0 Å². The fourth-order valence-corrected chi connectivity index (χ4v) is 1.40. The molecule has 0 nitrogen and oxygen atoms in total. The van der Waals surface area contributed by atoms with Gasteiger partial charge in [-0.25, -0.2) is 0 Å². The van der Waals surface area contributed by atoms with Gasteiger partial charge in [-0.2, -0.15) is 0 Å². The van der Waals surface area contributed by atoms with Gasteiger partial charge in [0.1, 0.15) is 0 Å². The minimum atomic E-state index is -0.137. The lowest BCUT2D eigenvalue weighted by atomic mass is 9.99. The second kappa shape index (κ2) is 8.03. The quantitative estimate of drug-likeness (QED) is 0.495. The Kier molecular flexibility index (Phi) is 7.98. The second-order valence-electron chi connectivity index (χ2n) is 3.43. The number of halogens is 1. The second-order valence-corrected chi connectivity index (χ2v) is 3.43. The van der Waals surface area contributed by atoms with E-state index in [2.05, 4.69) is 13.8 Å². The lowest BCUT2D eigenvalue weighted by Gasteiger charge is -2.08. The minimum Gasteiger partial charge on any atom is -0.251 e. The highest BCUT2D eigenvalue weighted by Gasteiger charge is 1.99. The zero-order chi connectivity index (χ0) is 8.53. The monoisotopic (exact) mass is 160 g/mol. The number of unbranched alkanes of at least 4 members (excludes halogenated alkanes) is 2. The largest absolute Gasteiger partial charge is 0.251 e. The summed E-state index contributed by atoms with van der Waals surface area (Å²) in [6.07, 6.45) is 6.95. The molecule has 1 heteroatoms. The average Bonchev–Trinajstić information content (AvgIpc) is 1.99. The molecule has 0 fully saturated rings. The van der Waals surface area contributed by atoms with Crippen molar-refractivity contribution in [3.63, 3.8) is 0 Å². The van der Waals surface area contributed by atoms with E-state index in [0.717, 1.165) is 18.8 Å².